The average Bonchev–Trinajstić information content (AvgIpc) is 2.64. The van der Waals surface area contributed by atoms with E-state index in [-0.39, 0.29) is 11.9 Å². The fourth-order valence-corrected chi connectivity index (χ4v) is 3.01. The lowest BCUT2D eigenvalue weighted by molar-refractivity contribution is -0.148. The highest BCUT2D eigenvalue weighted by Gasteiger charge is 2.27. The van der Waals surface area contributed by atoms with Gasteiger partial charge in [0, 0.05) is 19.2 Å². The predicted octanol–water partition coefficient (Wildman–Crippen LogP) is 3.70. The van der Waals surface area contributed by atoms with Crippen LogP contribution in [0.1, 0.15) is 19.8 Å². The number of esters is 1. The quantitative estimate of drug-likeness (QED) is 0.756. The van der Waals surface area contributed by atoms with Crippen molar-refractivity contribution in [1.29, 1.82) is 0 Å². The molecular weight excluding hydrogens is 342 g/mol. The summed E-state index contributed by atoms with van der Waals surface area (Å²) < 4.78 is 10.9. The van der Waals surface area contributed by atoms with Crippen molar-refractivity contribution in [2.75, 3.05) is 24.6 Å². The summed E-state index contributed by atoms with van der Waals surface area (Å²) in [7, 11) is 0. The number of halogens is 1. The Morgan fingerprint density at radius 1 is 1.36 bits per heavy atom. The monoisotopic (exact) mass is 361 g/mol. The number of piperidine rings is 1. The molecule has 0 amide bonds. The molecule has 2 heterocycles. The maximum Gasteiger partial charge on any atom is 0.310 e. The Kier molecular flexibility index (Phi) is 5.71. The molecule has 0 radical (unpaired) electrons. The van der Waals surface area contributed by atoms with Crippen LogP contribution in [0.2, 0.25) is 5.02 Å². The van der Waals surface area contributed by atoms with E-state index in [1.165, 1.54) is 6.33 Å². The zero-order valence-corrected chi connectivity index (χ0v) is 14.8. The molecule has 25 heavy (non-hydrogen) atoms. The van der Waals surface area contributed by atoms with E-state index in [4.69, 9.17) is 21.1 Å². The maximum atomic E-state index is 12.0. The summed E-state index contributed by atoms with van der Waals surface area (Å²) in [5, 5.41) is 0.517. The summed E-state index contributed by atoms with van der Waals surface area (Å²) >= 11 is 6.12. The van der Waals surface area contributed by atoms with E-state index in [0.717, 1.165) is 25.2 Å². The third-order valence-corrected chi connectivity index (χ3v) is 4.36. The Balaban J connectivity index is 1.72. The third-order valence-electron chi connectivity index (χ3n) is 4.04. The number of hydrogen-bond acceptors (Lipinski definition) is 6. The lowest BCUT2D eigenvalue weighted by Gasteiger charge is -2.32. The number of ether oxygens (including phenoxy) is 2. The second-order valence-electron chi connectivity index (χ2n) is 5.78. The number of aromatic nitrogens is 2. The molecule has 7 heteroatoms. The van der Waals surface area contributed by atoms with Crippen LogP contribution in [0.5, 0.6) is 11.6 Å². The van der Waals surface area contributed by atoms with Crippen LogP contribution in [0.4, 0.5) is 5.82 Å². The van der Waals surface area contributed by atoms with Gasteiger partial charge in [0.25, 0.3) is 0 Å². The lowest BCUT2D eigenvalue weighted by atomic mass is 9.98. The second kappa shape index (κ2) is 8.16. The van der Waals surface area contributed by atoms with Crippen LogP contribution >= 0.6 is 11.6 Å². The molecule has 3 rings (SSSR count). The molecule has 0 bridgehead atoms. The van der Waals surface area contributed by atoms with E-state index in [1.807, 2.05) is 19.1 Å². The highest BCUT2D eigenvalue weighted by atomic mass is 35.5. The molecule has 0 aliphatic carbocycles. The smallest absolute Gasteiger partial charge is 0.310 e. The van der Waals surface area contributed by atoms with Gasteiger partial charge in [0.05, 0.1) is 17.5 Å². The summed E-state index contributed by atoms with van der Waals surface area (Å²) in [4.78, 5) is 22.5. The number of nitrogens with zero attached hydrogens (tertiary/aromatic N) is 3. The number of anilines is 1. The Morgan fingerprint density at radius 3 is 3.00 bits per heavy atom. The van der Waals surface area contributed by atoms with Crippen molar-refractivity contribution in [2.24, 2.45) is 5.92 Å². The van der Waals surface area contributed by atoms with Gasteiger partial charge in [-0.15, -0.1) is 0 Å². The van der Waals surface area contributed by atoms with Crippen LogP contribution in [0.25, 0.3) is 0 Å². The van der Waals surface area contributed by atoms with Crippen molar-refractivity contribution in [3.8, 4) is 11.6 Å². The SMILES string of the molecule is CCOC(=O)[C@@H]1CCCN(c2cc(Oc3ccccc3Cl)ncn2)C1. The number of benzene rings is 1. The normalized spacial score (nSPS) is 17.2. The van der Waals surface area contributed by atoms with E-state index in [9.17, 15) is 4.79 Å². The number of rotatable bonds is 5. The highest BCUT2D eigenvalue weighted by molar-refractivity contribution is 6.32. The molecule has 2 aromatic rings. The first-order valence-electron chi connectivity index (χ1n) is 8.33. The minimum atomic E-state index is -0.145. The molecular formula is C18H20ClN3O3. The van der Waals surface area contributed by atoms with E-state index in [2.05, 4.69) is 14.9 Å². The third kappa shape index (κ3) is 4.39. The predicted molar refractivity (Wildman–Crippen MR) is 95.1 cm³/mol. The van der Waals surface area contributed by atoms with Gasteiger partial charge in [-0.1, -0.05) is 23.7 Å². The van der Waals surface area contributed by atoms with Crippen molar-refractivity contribution in [1.82, 2.24) is 9.97 Å². The Labute approximate surface area is 151 Å². The van der Waals surface area contributed by atoms with Gasteiger partial charge in [-0.05, 0) is 31.9 Å². The van der Waals surface area contributed by atoms with Crippen molar-refractivity contribution < 1.29 is 14.3 Å². The number of carbonyl (C=O) groups is 1. The average molecular weight is 362 g/mol. The molecule has 1 aromatic carbocycles. The van der Waals surface area contributed by atoms with E-state index < -0.39 is 0 Å². The maximum absolute atomic E-state index is 12.0. The Morgan fingerprint density at radius 2 is 2.20 bits per heavy atom. The van der Waals surface area contributed by atoms with Crippen molar-refractivity contribution in [3.63, 3.8) is 0 Å². The van der Waals surface area contributed by atoms with Crippen molar-refractivity contribution in [2.45, 2.75) is 19.8 Å². The van der Waals surface area contributed by atoms with Crippen LogP contribution < -0.4 is 9.64 Å². The molecule has 6 nitrogen and oxygen atoms in total. The van der Waals surface area contributed by atoms with Gasteiger partial charge in [0.15, 0.2) is 0 Å². The molecule has 1 aromatic heterocycles. The van der Waals surface area contributed by atoms with E-state index in [0.29, 0.717) is 29.8 Å². The molecule has 1 aliphatic rings. The molecule has 0 N–H and O–H groups in total. The molecule has 132 valence electrons. The largest absolute Gasteiger partial charge is 0.466 e. The first kappa shape index (κ1) is 17.5. The van der Waals surface area contributed by atoms with Gasteiger partial charge in [-0.2, -0.15) is 0 Å². The van der Waals surface area contributed by atoms with Crippen molar-refractivity contribution >= 4 is 23.4 Å². The Bertz CT molecular complexity index is 741. The van der Waals surface area contributed by atoms with Gasteiger partial charge < -0.3 is 14.4 Å². The standard InChI is InChI=1S/C18H20ClN3O3/c1-2-24-18(23)13-6-5-9-22(11-13)16-10-17(21-12-20-16)25-15-8-4-3-7-14(15)19/h3-4,7-8,10,12-13H,2,5-6,9,11H2,1H3/t13-/m1/s1. The van der Waals surface area contributed by atoms with Gasteiger partial charge >= 0.3 is 5.97 Å². The second-order valence-corrected chi connectivity index (χ2v) is 6.19. The molecule has 0 saturated carbocycles. The summed E-state index contributed by atoms with van der Waals surface area (Å²) in [6.07, 6.45) is 3.20. The van der Waals surface area contributed by atoms with Gasteiger partial charge in [0.1, 0.15) is 17.9 Å². The van der Waals surface area contributed by atoms with Crippen LogP contribution in [-0.2, 0) is 9.53 Å². The fraction of sp³-hybridized carbons (Fsp3) is 0.389. The van der Waals surface area contributed by atoms with Crippen LogP contribution in [0.3, 0.4) is 0 Å². The minimum Gasteiger partial charge on any atom is -0.466 e. The van der Waals surface area contributed by atoms with E-state index >= 15 is 0 Å². The zero-order valence-electron chi connectivity index (χ0n) is 14.0. The molecule has 1 saturated heterocycles. The number of carbonyl (C=O) groups excluding carboxylic acids is 1. The van der Waals surface area contributed by atoms with Gasteiger partial charge in [-0.25, -0.2) is 9.97 Å². The molecule has 0 spiro atoms. The van der Waals surface area contributed by atoms with E-state index in [1.54, 1.807) is 18.2 Å². The first-order valence-corrected chi connectivity index (χ1v) is 8.71. The molecule has 0 unspecified atom stereocenters. The summed E-state index contributed by atoms with van der Waals surface area (Å²) in [5.41, 5.74) is 0. The summed E-state index contributed by atoms with van der Waals surface area (Å²) in [5.74, 6) is 1.41. The van der Waals surface area contributed by atoms with Crippen LogP contribution in [-0.4, -0.2) is 35.6 Å². The molecule has 1 fully saturated rings. The van der Waals surface area contributed by atoms with Crippen LogP contribution in [0.15, 0.2) is 36.7 Å². The molecule has 1 aliphatic heterocycles. The fourth-order valence-electron chi connectivity index (χ4n) is 2.84. The first-order chi connectivity index (χ1) is 12.2. The number of para-hydroxylation sites is 1. The van der Waals surface area contributed by atoms with Crippen molar-refractivity contribution in [3.05, 3.63) is 41.7 Å². The topological polar surface area (TPSA) is 64.5 Å². The number of hydrogen-bond donors (Lipinski definition) is 0. The molecule has 1 atom stereocenters. The van der Waals surface area contributed by atoms with Gasteiger partial charge in [0.2, 0.25) is 5.88 Å². The lowest BCUT2D eigenvalue weighted by Crippen LogP contribution is -2.39. The Hall–Kier alpha value is -2.34. The minimum absolute atomic E-state index is 0.128. The summed E-state index contributed by atoms with van der Waals surface area (Å²) in [6, 6.07) is 8.98. The summed E-state index contributed by atoms with van der Waals surface area (Å²) in [6.45, 7) is 3.64. The zero-order chi connectivity index (χ0) is 17.6. The van der Waals surface area contributed by atoms with Gasteiger partial charge in [-0.3, -0.25) is 4.79 Å². The highest BCUT2D eigenvalue weighted by Crippen LogP contribution is 2.30. The van der Waals surface area contributed by atoms with Crippen LogP contribution in [0, 0.1) is 5.92 Å².